The molecule has 3 aromatic carbocycles. The molecule has 0 spiro atoms. The van der Waals surface area contributed by atoms with Gasteiger partial charge in [0.2, 0.25) is 0 Å². The van der Waals surface area contributed by atoms with Gasteiger partial charge in [-0.05, 0) is 93.4 Å². The van der Waals surface area contributed by atoms with Crippen LogP contribution in [0.5, 0.6) is 17.2 Å². The van der Waals surface area contributed by atoms with Crippen molar-refractivity contribution >= 4 is 23.1 Å². The van der Waals surface area contributed by atoms with Crippen molar-refractivity contribution in [2.24, 2.45) is 0 Å². The summed E-state index contributed by atoms with van der Waals surface area (Å²) in [7, 11) is 0. The summed E-state index contributed by atoms with van der Waals surface area (Å²) < 4.78 is 17.2. The van der Waals surface area contributed by atoms with E-state index in [-0.39, 0.29) is 23.5 Å². The highest BCUT2D eigenvalue weighted by molar-refractivity contribution is 6.51. The first-order chi connectivity index (χ1) is 18.3. The summed E-state index contributed by atoms with van der Waals surface area (Å²) in [5.74, 6) is 0.346. The van der Waals surface area contributed by atoms with Crippen molar-refractivity contribution in [2.75, 3.05) is 11.5 Å². The quantitative estimate of drug-likeness (QED) is 0.243. The molecule has 1 amide bonds. The lowest BCUT2D eigenvalue weighted by atomic mass is 9.94. The number of aliphatic hydroxyl groups is 1. The number of carbonyl (C=O) groups excluding carboxylic acids is 2. The van der Waals surface area contributed by atoms with Crippen LogP contribution in [0.25, 0.3) is 5.76 Å². The number of ketones is 1. The lowest BCUT2D eigenvalue weighted by molar-refractivity contribution is -0.132. The van der Waals surface area contributed by atoms with Gasteiger partial charge in [0.1, 0.15) is 29.1 Å². The number of hydrogen-bond acceptors (Lipinski definition) is 6. The first-order valence-electron chi connectivity index (χ1n) is 12.9. The van der Waals surface area contributed by atoms with Gasteiger partial charge in [0.05, 0.1) is 24.3 Å². The van der Waals surface area contributed by atoms with Gasteiger partial charge in [-0.15, -0.1) is 0 Å². The number of amides is 1. The largest absolute Gasteiger partial charge is 0.507 e. The highest BCUT2D eigenvalue weighted by Gasteiger charge is 2.47. The van der Waals surface area contributed by atoms with Crippen LogP contribution in [0, 0.1) is 0 Å². The highest BCUT2D eigenvalue weighted by Crippen LogP contribution is 2.44. The molecule has 38 heavy (non-hydrogen) atoms. The Kier molecular flexibility index (Phi) is 6.85. The highest BCUT2D eigenvalue weighted by atomic mass is 16.5. The van der Waals surface area contributed by atoms with Crippen LogP contribution < -0.4 is 19.1 Å². The molecule has 196 valence electrons. The van der Waals surface area contributed by atoms with E-state index in [1.165, 1.54) is 4.90 Å². The van der Waals surface area contributed by atoms with E-state index >= 15 is 0 Å². The molecule has 2 atom stereocenters. The molecule has 0 aliphatic carbocycles. The summed E-state index contributed by atoms with van der Waals surface area (Å²) in [4.78, 5) is 28.4. The normalized spacial score (nSPS) is 20.0. The number of anilines is 1. The summed E-state index contributed by atoms with van der Waals surface area (Å²) in [5.41, 5.74) is 2.61. The maximum atomic E-state index is 13.5. The maximum absolute atomic E-state index is 13.5. The smallest absolute Gasteiger partial charge is 0.300 e. The Labute approximate surface area is 222 Å². The third kappa shape index (κ3) is 4.72. The molecule has 0 bridgehead atoms. The summed E-state index contributed by atoms with van der Waals surface area (Å²) in [6, 6.07) is 18.8. The van der Waals surface area contributed by atoms with Crippen LogP contribution in [0.1, 0.15) is 50.4 Å². The molecule has 2 unspecified atom stereocenters. The molecule has 1 fully saturated rings. The monoisotopic (exact) mass is 513 g/mol. The zero-order chi connectivity index (χ0) is 27.0. The standard InChI is InChI=1S/C31H31NO6/c1-5-36-24-12-10-23(11-13-24)32-28(20-7-6-8-25(17-20)37-18(2)3)27(30(34)31(32)35)29(33)21-9-14-26-22(16-21)15-19(4)38-26/h6-14,16-19,28,33H,5,15H2,1-4H3/b29-27-. The zero-order valence-electron chi connectivity index (χ0n) is 21.9. The number of Topliss-reactive ketones (excluding diaryl/α,β-unsaturated/α-hetero) is 1. The Balaban J connectivity index is 1.65. The van der Waals surface area contributed by atoms with Gasteiger partial charge in [0, 0.05) is 17.7 Å². The van der Waals surface area contributed by atoms with Crippen molar-refractivity contribution in [3.8, 4) is 17.2 Å². The van der Waals surface area contributed by atoms with Gasteiger partial charge in [0.25, 0.3) is 11.7 Å². The predicted molar refractivity (Wildman–Crippen MR) is 145 cm³/mol. The van der Waals surface area contributed by atoms with Crippen molar-refractivity contribution < 1.29 is 28.9 Å². The molecule has 0 radical (unpaired) electrons. The molecule has 7 heteroatoms. The average molecular weight is 514 g/mol. The molecule has 0 aromatic heterocycles. The number of hydrogen-bond donors (Lipinski definition) is 1. The van der Waals surface area contributed by atoms with Gasteiger partial charge in [0.15, 0.2) is 0 Å². The molecule has 1 saturated heterocycles. The second kappa shape index (κ2) is 10.2. The van der Waals surface area contributed by atoms with Crippen LogP contribution in [0.4, 0.5) is 5.69 Å². The number of benzene rings is 3. The molecular weight excluding hydrogens is 482 g/mol. The maximum Gasteiger partial charge on any atom is 0.300 e. The van der Waals surface area contributed by atoms with Gasteiger partial charge in [-0.3, -0.25) is 14.5 Å². The van der Waals surface area contributed by atoms with Gasteiger partial charge in [-0.25, -0.2) is 0 Å². The number of fused-ring (bicyclic) bond motifs is 1. The molecule has 7 nitrogen and oxygen atoms in total. The fraction of sp³-hybridized carbons (Fsp3) is 0.290. The Hall–Kier alpha value is -4.26. The number of aliphatic hydroxyl groups excluding tert-OH is 1. The van der Waals surface area contributed by atoms with E-state index in [2.05, 4.69) is 0 Å². The third-order valence-corrected chi connectivity index (χ3v) is 6.59. The van der Waals surface area contributed by atoms with Crippen LogP contribution in [0.2, 0.25) is 0 Å². The second-order valence-corrected chi connectivity index (χ2v) is 9.79. The van der Waals surface area contributed by atoms with E-state index < -0.39 is 17.7 Å². The summed E-state index contributed by atoms with van der Waals surface area (Å²) >= 11 is 0. The molecule has 3 aromatic rings. The lowest BCUT2D eigenvalue weighted by Gasteiger charge is -2.26. The molecule has 5 rings (SSSR count). The summed E-state index contributed by atoms with van der Waals surface area (Å²) in [5, 5.41) is 11.5. The number of carbonyl (C=O) groups is 2. The van der Waals surface area contributed by atoms with Crippen LogP contribution >= 0.6 is 0 Å². The van der Waals surface area contributed by atoms with Crippen molar-refractivity contribution in [1.82, 2.24) is 0 Å². The van der Waals surface area contributed by atoms with Crippen LogP contribution in [-0.4, -0.2) is 35.6 Å². The van der Waals surface area contributed by atoms with Crippen molar-refractivity contribution in [3.63, 3.8) is 0 Å². The molecule has 2 aliphatic heterocycles. The minimum absolute atomic E-state index is 0.0255. The average Bonchev–Trinajstić information content (AvgIpc) is 3.39. The van der Waals surface area contributed by atoms with E-state index in [4.69, 9.17) is 14.2 Å². The van der Waals surface area contributed by atoms with E-state index in [1.807, 2.05) is 58.0 Å². The minimum Gasteiger partial charge on any atom is -0.507 e. The van der Waals surface area contributed by atoms with Crippen LogP contribution in [-0.2, 0) is 16.0 Å². The van der Waals surface area contributed by atoms with E-state index in [0.29, 0.717) is 41.3 Å². The predicted octanol–water partition coefficient (Wildman–Crippen LogP) is 5.82. The van der Waals surface area contributed by atoms with Gasteiger partial charge in [-0.1, -0.05) is 12.1 Å². The molecule has 1 N–H and O–H groups in total. The second-order valence-electron chi connectivity index (χ2n) is 9.79. The SMILES string of the molecule is CCOc1ccc(N2C(=O)C(=O)/C(=C(\O)c3ccc4c(c3)CC(C)O4)C2c2cccc(OC(C)C)c2)cc1. The third-order valence-electron chi connectivity index (χ3n) is 6.59. The van der Waals surface area contributed by atoms with Gasteiger partial charge < -0.3 is 19.3 Å². The van der Waals surface area contributed by atoms with E-state index in [9.17, 15) is 14.7 Å². The molecule has 2 aliphatic rings. The summed E-state index contributed by atoms with van der Waals surface area (Å²) in [6.45, 7) is 8.24. The first-order valence-corrected chi connectivity index (χ1v) is 12.9. The Morgan fingerprint density at radius 2 is 1.82 bits per heavy atom. The number of ether oxygens (including phenoxy) is 3. The fourth-order valence-electron chi connectivity index (χ4n) is 5.04. The van der Waals surface area contributed by atoms with Crippen LogP contribution in [0.3, 0.4) is 0 Å². The molecule has 2 heterocycles. The number of nitrogens with zero attached hydrogens (tertiary/aromatic N) is 1. The van der Waals surface area contributed by atoms with E-state index in [1.54, 1.807) is 36.4 Å². The lowest BCUT2D eigenvalue weighted by Crippen LogP contribution is -2.29. The Morgan fingerprint density at radius 1 is 1.05 bits per heavy atom. The Bertz CT molecular complexity index is 1410. The molecular formula is C31H31NO6. The van der Waals surface area contributed by atoms with Crippen molar-refractivity contribution in [1.29, 1.82) is 0 Å². The molecule has 0 saturated carbocycles. The minimum atomic E-state index is -0.855. The van der Waals surface area contributed by atoms with Crippen molar-refractivity contribution in [3.05, 3.63) is 89.0 Å². The van der Waals surface area contributed by atoms with Crippen molar-refractivity contribution in [2.45, 2.75) is 52.4 Å². The summed E-state index contributed by atoms with van der Waals surface area (Å²) in [6.07, 6.45) is 0.685. The number of rotatable bonds is 7. The zero-order valence-corrected chi connectivity index (χ0v) is 21.9. The van der Waals surface area contributed by atoms with Gasteiger partial charge >= 0.3 is 0 Å². The topological polar surface area (TPSA) is 85.3 Å². The fourth-order valence-corrected chi connectivity index (χ4v) is 5.04. The van der Waals surface area contributed by atoms with E-state index in [0.717, 1.165) is 11.3 Å². The first kappa shape index (κ1) is 25.4. The van der Waals surface area contributed by atoms with Gasteiger partial charge in [-0.2, -0.15) is 0 Å². The van der Waals surface area contributed by atoms with Crippen LogP contribution in [0.15, 0.2) is 72.3 Å². The Morgan fingerprint density at radius 3 is 2.53 bits per heavy atom.